The number of hydrogen-bond donors (Lipinski definition) is 1. The molecule has 1 aliphatic heterocycles. The summed E-state index contributed by atoms with van der Waals surface area (Å²) in [6.07, 6.45) is 2.46. The second-order valence-corrected chi connectivity index (χ2v) is 5.21. The van der Waals surface area contributed by atoms with Crippen molar-refractivity contribution in [3.05, 3.63) is 29.3 Å². The fourth-order valence-corrected chi connectivity index (χ4v) is 2.78. The topological polar surface area (TPSA) is 38.5 Å². The number of ether oxygens (including phenoxy) is 1. The lowest BCUT2D eigenvalue weighted by Crippen LogP contribution is -2.35. The van der Waals surface area contributed by atoms with E-state index in [9.17, 15) is 0 Å². The maximum absolute atomic E-state index is 5.67. The lowest BCUT2D eigenvalue weighted by molar-refractivity contribution is 0.139. The highest BCUT2D eigenvalue weighted by molar-refractivity contribution is 5.54. The number of hydrogen-bond acceptors (Lipinski definition) is 3. The third-order valence-corrected chi connectivity index (χ3v) is 3.85. The predicted molar refractivity (Wildman–Crippen MR) is 75.9 cm³/mol. The zero-order chi connectivity index (χ0) is 13.0. The Hall–Kier alpha value is -1.06. The molecule has 3 nitrogen and oxygen atoms in total. The zero-order valence-electron chi connectivity index (χ0n) is 11.5. The van der Waals surface area contributed by atoms with Crippen molar-refractivity contribution in [2.75, 3.05) is 31.7 Å². The summed E-state index contributed by atoms with van der Waals surface area (Å²) >= 11 is 0. The highest BCUT2D eigenvalue weighted by atomic mass is 16.5. The highest BCUT2D eigenvalue weighted by Gasteiger charge is 2.20. The fraction of sp³-hybridized carbons (Fsp3) is 0.600. The van der Waals surface area contributed by atoms with Gasteiger partial charge in [-0.15, -0.1) is 0 Å². The first kappa shape index (κ1) is 13.4. The van der Waals surface area contributed by atoms with E-state index in [1.54, 1.807) is 7.11 Å². The Morgan fingerprint density at radius 2 is 2.06 bits per heavy atom. The van der Waals surface area contributed by atoms with Gasteiger partial charge in [-0.3, -0.25) is 0 Å². The number of rotatable bonds is 4. The molecule has 18 heavy (non-hydrogen) atoms. The second kappa shape index (κ2) is 6.21. The summed E-state index contributed by atoms with van der Waals surface area (Å²) in [5.41, 5.74) is 9.58. The first-order valence-electron chi connectivity index (χ1n) is 6.78. The lowest BCUT2D eigenvalue weighted by Gasteiger charge is -2.34. The van der Waals surface area contributed by atoms with Crippen molar-refractivity contribution in [1.82, 2.24) is 0 Å². The van der Waals surface area contributed by atoms with Crippen LogP contribution in [0, 0.1) is 12.8 Å². The van der Waals surface area contributed by atoms with Crippen molar-refractivity contribution in [3.8, 4) is 0 Å². The fourth-order valence-electron chi connectivity index (χ4n) is 2.78. The van der Waals surface area contributed by atoms with Crippen molar-refractivity contribution in [2.24, 2.45) is 11.7 Å². The number of aryl methyl sites for hydroxylation is 1. The van der Waals surface area contributed by atoms with Gasteiger partial charge in [-0.25, -0.2) is 0 Å². The monoisotopic (exact) mass is 248 g/mol. The molecule has 0 aliphatic carbocycles. The van der Waals surface area contributed by atoms with Crippen LogP contribution in [-0.4, -0.2) is 26.8 Å². The average molecular weight is 248 g/mol. The third kappa shape index (κ3) is 3.03. The summed E-state index contributed by atoms with van der Waals surface area (Å²) in [5, 5.41) is 0. The molecule has 0 unspecified atom stereocenters. The van der Waals surface area contributed by atoms with Gasteiger partial charge in [0.2, 0.25) is 0 Å². The Balaban J connectivity index is 2.01. The maximum atomic E-state index is 5.67. The number of anilines is 1. The highest BCUT2D eigenvalue weighted by Crippen LogP contribution is 2.26. The molecular formula is C15H24N2O. The summed E-state index contributed by atoms with van der Waals surface area (Å²) in [4.78, 5) is 2.49. The molecule has 0 saturated carbocycles. The summed E-state index contributed by atoms with van der Waals surface area (Å²) in [5.74, 6) is 0.731. The number of piperidine rings is 1. The molecule has 0 atom stereocenters. The quantitative estimate of drug-likeness (QED) is 0.888. The Morgan fingerprint density at radius 1 is 1.33 bits per heavy atom. The van der Waals surface area contributed by atoms with Crippen LogP contribution in [0.4, 0.5) is 5.69 Å². The molecule has 0 amide bonds. The summed E-state index contributed by atoms with van der Waals surface area (Å²) < 4.78 is 5.24. The van der Waals surface area contributed by atoms with Crippen molar-refractivity contribution < 1.29 is 4.74 Å². The molecule has 1 aromatic carbocycles. The molecule has 0 aromatic heterocycles. The first-order valence-corrected chi connectivity index (χ1v) is 6.78. The van der Waals surface area contributed by atoms with Crippen LogP contribution in [0.15, 0.2) is 18.2 Å². The molecule has 0 spiro atoms. The van der Waals surface area contributed by atoms with Gasteiger partial charge in [-0.2, -0.15) is 0 Å². The molecule has 100 valence electrons. The van der Waals surface area contributed by atoms with E-state index in [1.165, 1.54) is 29.7 Å². The Bertz CT molecular complexity index is 384. The molecule has 0 radical (unpaired) electrons. The van der Waals surface area contributed by atoms with Crippen molar-refractivity contribution >= 4 is 5.69 Å². The SMILES string of the molecule is COCC1CCN(c2ccc(CN)cc2C)CC1. The van der Waals surface area contributed by atoms with Gasteiger partial charge in [0, 0.05) is 39.0 Å². The lowest BCUT2D eigenvalue weighted by atomic mass is 9.96. The third-order valence-electron chi connectivity index (χ3n) is 3.85. The Morgan fingerprint density at radius 3 is 2.61 bits per heavy atom. The maximum Gasteiger partial charge on any atom is 0.0491 e. The van der Waals surface area contributed by atoms with Gasteiger partial charge in [0.15, 0.2) is 0 Å². The second-order valence-electron chi connectivity index (χ2n) is 5.21. The molecule has 1 saturated heterocycles. The largest absolute Gasteiger partial charge is 0.384 e. The number of nitrogens with zero attached hydrogens (tertiary/aromatic N) is 1. The molecule has 1 aromatic rings. The molecule has 2 N–H and O–H groups in total. The minimum Gasteiger partial charge on any atom is -0.384 e. The Labute approximate surface area is 110 Å². The molecule has 3 heteroatoms. The van der Waals surface area contributed by atoms with Crippen molar-refractivity contribution in [1.29, 1.82) is 0 Å². The zero-order valence-corrected chi connectivity index (χ0v) is 11.5. The van der Waals surface area contributed by atoms with Crippen LogP contribution in [0.1, 0.15) is 24.0 Å². The summed E-state index contributed by atoms with van der Waals surface area (Å²) in [6.45, 7) is 5.97. The predicted octanol–water partition coefficient (Wildman–Crippen LogP) is 2.32. The number of methoxy groups -OCH3 is 1. The minimum absolute atomic E-state index is 0.622. The van der Waals surface area contributed by atoms with E-state index in [-0.39, 0.29) is 0 Å². The van der Waals surface area contributed by atoms with E-state index >= 15 is 0 Å². The Kier molecular flexibility index (Phi) is 4.61. The summed E-state index contributed by atoms with van der Waals surface area (Å²) in [7, 11) is 1.79. The minimum atomic E-state index is 0.622. The molecule has 1 aliphatic rings. The van der Waals surface area contributed by atoms with Gasteiger partial charge in [-0.05, 0) is 42.9 Å². The van der Waals surface area contributed by atoms with Gasteiger partial charge < -0.3 is 15.4 Å². The van der Waals surface area contributed by atoms with E-state index in [1.807, 2.05) is 0 Å². The van der Waals surface area contributed by atoms with Gasteiger partial charge in [0.1, 0.15) is 0 Å². The molecule has 1 heterocycles. The van der Waals surface area contributed by atoms with Gasteiger partial charge in [0.05, 0.1) is 0 Å². The van der Waals surface area contributed by atoms with E-state index in [0.29, 0.717) is 6.54 Å². The molecule has 1 fully saturated rings. The van der Waals surface area contributed by atoms with Crippen LogP contribution >= 0.6 is 0 Å². The summed E-state index contributed by atoms with van der Waals surface area (Å²) in [6, 6.07) is 6.56. The molecular weight excluding hydrogens is 224 g/mol. The average Bonchev–Trinajstić information content (AvgIpc) is 2.40. The molecule has 0 bridgehead atoms. The van der Waals surface area contributed by atoms with Gasteiger partial charge in [0.25, 0.3) is 0 Å². The van der Waals surface area contributed by atoms with Crippen LogP contribution in [0.25, 0.3) is 0 Å². The van der Waals surface area contributed by atoms with E-state index in [4.69, 9.17) is 10.5 Å². The van der Waals surface area contributed by atoms with Crippen LogP contribution in [0.2, 0.25) is 0 Å². The van der Waals surface area contributed by atoms with Crippen molar-refractivity contribution in [3.63, 3.8) is 0 Å². The molecule has 2 rings (SSSR count). The number of nitrogens with two attached hydrogens (primary N) is 1. The van der Waals surface area contributed by atoms with Crippen LogP contribution < -0.4 is 10.6 Å². The van der Waals surface area contributed by atoms with Crippen LogP contribution in [0.5, 0.6) is 0 Å². The van der Waals surface area contributed by atoms with Crippen molar-refractivity contribution in [2.45, 2.75) is 26.3 Å². The van der Waals surface area contributed by atoms with E-state index in [0.717, 1.165) is 25.6 Å². The van der Waals surface area contributed by atoms with E-state index in [2.05, 4.69) is 30.0 Å². The first-order chi connectivity index (χ1) is 8.74. The normalized spacial score (nSPS) is 17.2. The van der Waals surface area contributed by atoms with Gasteiger partial charge >= 0.3 is 0 Å². The standard InChI is InChI=1S/C15H24N2O/c1-12-9-14(10-16)3-4-15(12)17-7-5-13(6-8-17)11-18-2/h3-4,9,13H,5-8,10-11,16H2,1-2H3. The van der Waals surface area contributed by atoms with Gasteiger partial charge in [-0.1, -0.05) is 12.1 Å². The van der Waals surface area contributed by atoms with Crippen LogP contribution in [-0.2, 0) is 11.3 Å². The van der Waals surface area contributed by atoms with Crippen LogP contribution in [0.3, 0.4) is 0 Å². The number of benzene rings is 1. The smallest absolute Gasteiger partial charge is 0.0491 e. The van der Waals surface area contributed by atoms with E-state index < -0.39 is 0 Å².